The normalized spacial score (nSPS) is 11.2. The van der Waals surface area contributed by atoms with Crippen molar-refractivity contribution >= 4 is 11.9 Å². The maximum absolute atomic E-state index is 13.7. The van der Waals surface area contributed by atoms with Crippen molar-refractivity contribution in [2.24, 2.45) is 0 Å². The molecule has 10 heteroatoms. The number of alkyl halides is 3. The van der Waals surface area contributed by atoms with Gasteiger partial charge in [0.2, 0.25) is 0 Å². The minimum absolute atomic E-state index is 0.00465. The van der Waals surface area contributed by atoms with Crippen LogP contribution in [0.15, 0.2) is 84.9 Å². The molecule has 0 atom stereocenters. The molecule has 6 nitrogen and oxygen atoms in total. The van der Waals surface area contributed by atoms with Crippen LogP contribution in [0.2, 0.25) is 0 Å². The predicted molar refractivity (Wildman–Crippen MR) is 139 cm³/mol. The van der Waals surface area contributed by atoms with Gasteiger partial charge in [-0.1, -0.05) is 36.4 Å². The number of nitrogens with one attached hydrogen (secondary N) is 1. The highest BCUT2D eigenvalue weighted by Crippen LogP contribution is 2.41. The molecule has 3 N–H and O–H groups in total. The number of rotatable bonds is 9. The van der Waals surface area contributed by atoms with Gasteiger partial charge in [-0.15, -0.1) is 0 Å². The zero-order valence-corrected chi connectivity index (χ0v) is 20.8. The fourth-order valence-corrected chi connectivity index (χ4v) is 4.06. The van der Waals surface area contributed by atoms with Crippen LogP contribution >= 0.6 is 0 Å². The van der Waals surface area contributed by atoms with Crippen molar-refractivity contribution in [2.75, 3.05) is 13.2 Å². The number of amides is 1. The first-order chi connectivity index (χ1) is 19.1. The highest BCUT2D eigenvalue weighted by molar-refractivity contribution is 6.00. The van der Waals surface area contributed by atoms with Crippen molar-refractivity contribution in [3.8, 4) is 28.0 Å². The van der Waals surface area contributed by atoms with Gasteiger partial charge in [0.05, 0.1) is 17.7 Å². The number of hydrogen-bond acceptors (Lipinski definition) is 4. The first-order valence-electron chi connectivity index (χ1n) is 12.0. The summed E-state index contributed by atoms with van der Waals surface area (Å²) in [5.74, 6) is -2.27. The van der Waals surface area contributed by atoms with E-state index in [9.17, 15) is 32.3 Å². The smallest absolute Gasteiger partial charge is 0.416 e. The minimum atomic E-state index is -4.65. The zero-order valence-electron chi connectivity index (χ0n) is 20.8. The Morgan fingerprint density at radius 1 is 0.825 bits per heavy atom. The highest BCUT2D eigenvalue weighted by Gasteiger charge is 2.31. The Morgan fingerprint density at radius 3 is 2.15 bits per heavy atom. The average Bonchev–Trinajstić information content (AvgIpc) is 2.94. The summed E-state index contributed by atoms with van der Waals surface area (Å²) in [4.78, 5) is 24.4. The third-order valence-corrected chi connectivity index (χ3v) is 5.98. The third-order valence-electron chi connectivity index (χ3n) is 5.98. The van der Waals surface area contributed by atoms with Crippen LogP contribution in [-0.4, -0.2) is 35.2 Å². The Bertz CT molecular complexity index is 1530. The Morgan fingerprint density at radius 2 is 1.50 bits per heavy atom. The number of hydrogen-bond donors (Lipinski definition) is 3. The summed E-state index contributed by atoms with van der Waals surface area (Å²) in [7, 11) is 0. The lowest BCUT2D eigenvalue weighted by Gasteiger charge is -2.18. The molecule has 0 saturated carbocycles. The maximum Gasteiger partial charge on any atom is 0.416 e. The Labute approximate surface area is 226 Å². The van der Waals surface area contributed by atoms with E-state index in [-0.39, 0.29) is 47.8 Å². The third kappa shape index (κ3) is 6.65. The first kappa shape index (κ1) is 28.3. The number of aromatic carboxylic acids is 1. The van der Waals surface area contributed by atoms with E-state index in [1.807, 2.05) is 0 Å². The molecule has 4 rings (SSSR count). The lowest BCUT2D eigenvalue weighted by molar-refractivity contribution is -0.137. The molecule has 1 amide bonds. The molecule has 40 heavy (non-hydrogen) atoms. The molecule has 0 bridgehead atoms. The van der Waals surface area contributed by atoms with Crippen LogP contribution in [0.4, 0.5) is 17.6 Å². The summed E-state index contributed by atoms with van der Waals surface area (Å²) in [6.07, 6.45) is -4.65. The number of ether oxygens (including phenoxy) is 1. The number of carbonyl (C=O) groups is 2. The van der Waals surface area contributed by atoms with Crippen LogP contribution in [0.5, 0.6) is 5.75 Å². The number of aliphatic hydroxyl groups is 1. The van der Waals surface area contributed by atoms with Gasteiger partial charge in [0.15, 0.2) is 0 Å². The van der Waals surface area contributed by atoms with Gasteiger partial charge in [-0.3, -0.25) is 4.79 Å². The van der Waals surface area contributed by atoms with Crippen LogP contribution in [0.25, 0.3) is 22.3 Å². The summed E-state index contributed by atoms with van der Waals surface area (Å²) in [6, 6.07) is 18.8. The van der Waals surface area contributed by atoms with E-state index in [2.05, 4.69) is 5.32 Å². The van der Waals surface area contributed by atoms with Crippen molar-refractivity contribution in [3.05, 3.63) is 113 Å². The summed E-state index contributed by atoms with van der Waals surface area (Å²) < 4.78 is 60.3. The van der Waals surface area contributed by atoms with Crippen LogP contribution in [-0.2, 0) is 12.8 Å². The molecular weight excluding hydrogens is 530 g/mol. The van der Waals surface area contributed by atoms with Gasteiger partial charge >= 0.3 is 12.1 Å². The zero-order chi connectivity index (χ0) is 28.9. The van der Waals surface area contributed by atoms with E-state index < -0.39 is 29.4 Å². The summed E-state index contributed by atoms with van der Waals surface area (Å²) in [6.45, 7) is -0.429. The molecular formula is C30H23F4NO5. The van der Waals surface area contributed by atoms with E-state index in [1.54, 1.807) is 24.3 Å². The van der Waals surface area contributed by atoms with Crippen molar-refractivity contribution in [1.29, 1.82) is 0 Å². The predicted octanol–water partition coefficient (Wildman–Crippen LogP) is 6.18. The second kappa shape index (κ2) is 12.0. The summed E-state index contributed by atoms with van der Waals surface area (Å²) >= 11 is 0. The molecule has 0 aromatic heterocycles. The molecule has 206 valence electrons. The number of benzene rings is 4. The number of aliphatic hydroxyl groups excluding tert-OH is 1. The fourth-order valence-electron chi connectivity index (χ4n) is 4.06. The molecule has 4 aromatic rings. The maximum atomic E-state index is 13.7. The molecule has 0 heterocycles. The van der Waals surface area contributed by atoms with Crippen LogP contribution < -0.4 is 10.1 Å². The fraction of sp³-hybridized carbons (Fsp3) is 0.133. The van der Waals surface area contributed by atoms with Crippen LogP contribution in [0.3, 0.4) is 0 Å². The van der Waals surface area contributed by atoms with Gasteiger partial charge in [0.25, 0.3) is 5.91 Å². The second-order valence-electron chi connectivity index (χ2n) is 8.75. The number of carbonyl (C=O) groups excluding carboxylic acids is 1. The molecule has 0 saturated heterocycles. The molecule has 0 unspecified atom stereocenters. The first-order valence-corrected chi connectivity index (χ1v) is 12.0. The van der Waals surface area contributed by atoms with Crippen molar-refractivity contribution in [2.45, 2.75) is 12.8 Å². The Kier molecular flexibility index (Phi) is 8.49. The van der Waals surface area contributed by atoms with Gasteiger partial charge in [0.1, 0.15) is 18.2 Å². The van der Waals surface area contributed by atoms with Crippen LogP contribution in [0, 0.1) is 5.82 Å². The average molecular weight is 554 g/mol. The Balaban J connectivity index is 1.85. The van der Waals surface area contributed by atoms with E-state index in [0.29, 0.717) is 16.7 Å². The molecule has 4 aromatic carbocycles. The highest BCUT2D eigenvalue weighted by atomic mass is 19.4. The summed E-state index contributed by atoms with van der Waals surface area (Å²) in [5, 5.41) is 21.1. The quantitative estimate of drug-likeness (QED) is 0.215. The largest absolute Gasteiger partial charge is 0.488 e. The molecule has 0 aliphatic rings. The standard InChI is InChI=1S/C30H23F4NO5/c31-23-8-5-18(6-9-23)17-40-27-10-7-22(30(32,33)34)16-26(27)25-4-2-1-3-24(25)19-13-20(28(37)35-11-12-36)15-21(14-19)29(38)39/h1-10,13-16,36H,11-12,17H2,(H,35,37)(H,38,39). The Hall–Kier alpha value is -4.70. The minimum Gasteiger partial charge on any atom is -0.488 e. The molecule has 0 radical (unpaired) electrons. The molecule has 0 fully saturated rings. The lowest BCUT2D eigenvalue weighted by Crippen LogP contribution is -2.26. The number of halogens is 4. The van der Waals surface area contributed by atoms with Gasteiger partial charge in [-0.05, 0) is 70.8 Å². The molecule has 0 spiro atoms. The van der Waals surface area contributed by atoms with Gasteiger partial charge in [-0.2, -0.15) is 13.2 Å². The van der Waals surface area contributed by atoms with E-state index in [0.717, 1.165) is 12.1 Å². The van der Waals surface area contributed by atoms with Crippen molar-refractivity contribution < 1.29 is 42.1 Å². The second-order valence-corrected chi connectivity index (χ2v) is 8.75. The van der Waals surface area contributed by atoms with E-state index >= 15 is 0 Å². The van der Waals surface area contributed by atoms with E-state index in [1.165, 1.54) is 48.5 Å². The summed E-state index contributed by atoms with van der Waals surface area (Å²) in [5.41, 5.74) is 0.460. The monoisotopic (exact) mass is 553 g/mol. The van der Waals surface area contributed by atoms with Gasteiger partial charge in [0, 0.05) is 17.7 Å². The SMILES string of the molecule is O=C(O)c1cc(C(=O)NCCO)cc(-c2ccccc2-c2cc(C(F)(F)F)ccc2OCc2ccc(F)cc2)c1. The van der Waals surface area contributed by atoms with Crippen molar-refractivity contribution in [1.82, 2.24) is 5.32 Å². The molecule has 0 aliphatic carbocycles. The van der Waals surface area contributed by atoms with E-state index in [4.69, 9.17) is 9.84 Å². The van der Waals surface area contributed by atoms with Crippen molar-refractivity contribution in [3.63, 3.8) is 0 Å². The van der Waals surface area contributed by atoms with Gasteiger partial charge < -0.3 is 20.3 Å². The van der Waals surface area contributed by atoms with Gasteiger partial charge in [-0.25, -0.2) is 9.18 Å². The topological polar surface area (TPSA) is 95.9 Å². The van der Waals surface area contributed by atoms with Crippen LogP contribution in [0.1, 0.15) is 31.8 Å². The number of carboxylic acids is 1. The number of carboxylic acid groups (broad SMARTS) is 1. The lowest BCUT2D eigenvalue weighted by atomic mass is 9.91. The molecule has 0 aliphatic heterocycles.